The SMILES string of the molecule is Cn1c(=O)c(O)[n+]([O-])c2cccc(C(F)(F)F)c21. The van der Waals surface area contributed by atoms with Crippen LogP contribution in [0.5, 0.6) is 5.88 Å². The molecule has 0 radical (unpaired) electrons. The summed E-state index contributed by atoms with van der Waals surface area (Å²) >= 11 is 0. The fourth-order valence-electron chi connectivity index (χ4n) is 1.73. The van der Waals surface area contributed by atoms with E-state index in [4.69, 9.17) is 0 Å². The molecular weight excluding hydrogens is 253 g/mol. The Morgan fingerprint density at radius 3 is 2.56 bits per heavy atom. The van der Waals surface area contributed by atoms with Crippen LogP contribution in [0.1, 0.15) is 5.56 Å². The van der Waals surface area contributed by atoms with Crippen LogP contribution in [0, 0.1) is 5.21 Å². The number of aryl methyl sites for hydroxylation is 1. The van der Waals surface area contributed by atoms with Gasteiger partial charge in [0.2, 0.25) is 5.52 Å². The van der Waals surface area contributed by atoms with E-state index in [1.807, 2.05) is 0 Å². The number of fused-ring (bicyclic) bond motifs is 1. The zero-order valence-corrected chi connectivity index (χ0v) is 9.02. The summed E-state index contributed by atoms with van der Waals surface area (Å²) in [5.74, 6) is -1.16. The average molecular weight is 260 g/mol. The lowest BCUT2D eigenvalue weighted by atomic mass is 10.1. The second-order valence-electron chi connectivity index (χ2n) is 3.65. The number of nitrogens with zero attached hydrogens (tertiary/aromatic N) is 2. The minimum Gasteiger partial charge on any atom is -0.615 e. The minimum atomic E-state index is -4.70. The summed E-state index contributed by atoms with van der Waals surface area (Å²) in [4.78, 5) is 11.4. The molecule has 5 nitrogen and oxygen atoms in total. The standard InChI is InChI=1S/C10H7F3N2O3/c1-14-7-5(10(11,12)13)3-2-4-6(7)15(18)9(17)8(14)16/h2-4,17H,1H3. The van der Waals surface area contributed by atoms with Gasteiger partial charge in [-0.1, -0.05) is 6.07 Å². The number of benzene rings is 1. The molecule has 0 bridgehead atoms. The second kappa shape index (κ2) is 3.62. The third kappa shape index (κ3) is 1.57. The Bertz CT molecular complexity index is 691. The van der Waals surface area contributed by atoms with Gasteiger partial charge in [-0.15, -0.1) is 4.73 Å². The van der Waals surface area contributed by atoms with E-state index in [9.17, 15) is 28.3 Å². The van der Waals surface area contributed by atoms with Gasteiger partial charge in [-0.05, 0) is 6.07 Å². The summed E-state index contributed by atoms with van der Waals surface area (Å²) in [5, 5.41) is 20.7. The smallest absolute Gasteiger partial charge is 0.445 e. The summed E-state index contributed by atoms with van der Waals surface area (Å²) in [6.07, 6.45) is -4.70. The number of aromatic nitrogens is 2. The highest BCUT2D eigenvalue weighted by molar-refractivity contribution is 5.76. The van der Waals surface area contributed by atoms with Crippen LogP contribution >= 0.6 is 0 Å². The van der Waals surface area contributed by atoms with Crippen molar-refractivity contribution < 1.29 is 23.0 Å². The molecule has 0 unspecified atom stereocenters. The summed E-state index contributed by atoms with van der Waals surface area (Å²) in [6.45, 7) is 0. The van der Waals surface area contributed by atoms with Gasteiger partial charge in [-0.25, -0.2) is 0 Å². The van der Waals surface area contributed by atoms with Gasteiger partial charge in [0.25, 0.3) is 0 Å². The third-order valence-corrected chi connectivity index (χ3v) is 2.56. The summed E-state index contributed by atoms with van der Waals surface area (Å²) in [5.41, 5.74) is -3.29. The van der Waals surface area contributed by atoms with E-state index in [1.165, 1.54) is 0 Å². The topological polar surface area (TPSA) is 69.2 Å². The van der Waals surface area contributed by atoms with E-state index >= 15 is 0 Å². The molecule has 1 heterocycles. The summed E-state index contributed by atoms with van der Waals surface area (Å²) < 4.78 is 38.7. The maximum Gasteiger partial charge on any atom is 0.445 e. The molecule has 8 heteroatoms. The lowest BCUT2D eigenvalue weighted by molar-refractivity contribution is -0.587. The van der Waals surface area contributed by atoms with Gasteiger partial charge < -0.3 is 10.3 Å². The number of alkyl halides is 3. The molecule has 0 aliphatic carbocycles. The van der Waals surface area contributed by atoms with Crippen molar-refractivity contribution in [2.75, 3.05) is 0 Å². The van der Waals surface area contributed by atoms with Crippen LogP contribution in [0.3, 0.4) is 0 Å². The van der Waals surface area contributed by atoms with Crippen LogP contribution in [0.15, 0.2) is 23.0 Å². The van der Waals surface area contributed by atoms with Crippen molar-refractivity contribution in [3.63, 3.8) is 0 Å². The molecule has 0 saturated heterocycles. The van der Waals surface area contributed by atoms with Crippen LogP contribution in [-0.4, -0.2) is 9.67 Å². The fourth-order valence-corrected chi connectivity index (χ4v) is 1.73. The highest BCUT2D eigenvalue weighted by atomic mass is 19.4. The molecule has 96 valence electrons. The van der Waals surface area contributed by atoms with Gasteiger partial charge in [0.15, 0.2) is 0 Å². The van der Waals surface area contributed by atoms with Gasteiger partial charge >= 0.3 is 17.6 Å². The predicted molar refractivity (Wildman–Crippen MR) is 54.8 cm³/mol. The van der Waals surface area contributed by atoms with Crippen molar-refractivity contribution in [2.45, 2.75) is 6.18 Å². The Balaban J connectivity index is 3.08. The van der Waals surface area contributed by atoms with E-state index in [-0.39, 0.29) is 4.73 Å². The van der Waals surface area contributed by atoms with Crippen molar-refractivity contribution in [3.8, 4) is 5.88 Å². The van der Waals surface area contributed by atoms with Crippen LogP contribution < -0.4 is 10.3 Å². The van der Waals surface area contributed by atoms with E-state index in [2.05, 4.69) is 0 Å². The largest absolute Gasteiger partial charge is 0.615 e. The quantitative estimate of drug-likeness (QED) is 0.565. The summed E-state index contributed by atoms with van der Waals surface area (Å²) in [6, 6.07) is 2.89. The van der Waals surface area contributed by atoms with Gasteiger partial charge in [0.1, 0.15) is 5.52 Å². The molecule has 1 aromatic carbocycles. The molecule has 1 N–H and O–H groups in total. The first-order chi connectivity index (χ1) is 8.25. The molecule has 0 atom stereocenters. The van der Waals surface area contributed by atoms with Crippen LogP contribution in [0.25, 0.3) is 11.0 Å². The number of aromatic hydroxyl groups is 1. The number of hydrogen-bond donors (Lipinski definition) is 1. The van der Waals surface area contributed by atoms with Gasteiger partial charge in [0.05, 0.1) is 5.56 Å². The van der Waals surface area contributed by atoms with E-state index in [0.29, 0.717) is 4.57 Å². The van der Waals surface area contributed by atoms with Gasteiger partial charge in [0, 0.05) is 13.1 Å². The molecule has 0 aliphatic heterocycles. The summed E-state index contributed by atoms with van der Waals surface area (Å²) in [7, 11) is 1.06. The van der Waals surface area contributed by atoms with Crippen molar-refractivity contribution in [1.29, 1.82) is 0 Å². The van der Waals surface area contributed by atoms with Crippen molar-refractivity contribution in [2.24, 2.45) is 7.05 Å². The van der Waals surface area contributed by atoms with Crippen LogP contribution in [0.2, 0.25) is 0 Å². The zero-order chi connectivity index (χ0) is 13.7. The minimum absolute atomic E-state index is 0.215. The molecule has 0 amide bonds. The average Bonchev–Trinajstić information content (AvgIpc) is 2.31. The molecule has 18 heavy (non-hydrogen) atoms. The van der Waals surface area contributed by atoms with Crippen molar-refractivity contribution >= 4 is 11.0 Å². The van der Waals surface area contributed by atoms with Crippen molar-refractivity contribution in [3.05, 3.63) is 39.3 Å². The molecule has 2 rings (SSSR count). The Morgan fingerprint density at radius 2 is 2.00 bits per heavy atom. The molecule has 2 aromatic rings. The van der Waals surface area contributed by atoms with Crippen LogP contribution in [-0.2, 0) is 13.2 Å². The lowest BCUT2D eigenvalue weighted by Crippen LogP contribution is -2.37. The van der Waals surface area contributed by atoms with E-state index in [0.717, 1.165) is 25.2 Å². The molecule has 0 spiro atoms. The van der Waals surface area contributed by atoms with Gasteiger partial charge in [-0.3, -0.25) is 9.36 Å². The molecule has 1 aromatic heterocycles. The maximum atomic E-state index is 12.8. The predicted octanol–water partition coefficient (Wildman–Crippen LogP) is 0.896. The molecule has 0 saturated carbocycles. The van der Waals surface area contributed by atoms with Gasteiger partial charge in [-0.2, -0.15) is 13.2 Å². The maximum absolute atomic E-state index is 12.8. The Kier molecular flexibility index (Phi) is 2.46. The number of para-hydroxylation sites is 1. The first-order valence-corrected chi connectivity index (χ1v) is 4.76. The Labute approximate surface area is 97.9 Å². The first-order valence-electron chi connectivity index (χ1n) is 4.76. The zero-order valence-electron chi connectivity index (χ0n) is 9.02. The van der Waals surface area contributed by atoms with E-state index < -0.39 is 34.2 Å². The Morgan fingerprint density at radius 1 is 1.39 bits per heavy atom. The molecular formula is C10H7F3N2O3. The normalized spacial score (nSPS) is 12.0. The molecule has 0 fully saturated rings. The van der Waals surface area contributed by atoms with E-state index in [1.54, 1.807) is 0 Å². The second-order valence-corrected chi connectivity index (χ2v) is 3.65. The van der Waals surface area contributed by atoms with Crippen molar-refractivity contribution in [1.82, 2.24) is 4.57 Å². The lowest BCUT2D eigenvalue weighted by Gasteiger charge is -2.12. The fraction of sp³-hybridized carbons (Fsp3) is 0.200. The number of hydrogen-bond acceptors (Lipinski definition) is 3. The monoisotopic (exact) mass is 260 g/mol. The number of halogens is 3. The number of rotatable bonds is 0. The first kappa shape index (κ1) is 12.2. The highest BCUT2D eigenvalue weighted by Crippen LogP contribution is 2.33. The van der Waals surface area contributed by atoms with Crippen LogP contribution in [0.4, 0.5) is 13.2 Å². The third-order valence-electron chi connectivity index (χ3n) is 2.56. The Hall–Kier alpha value is -2.25. The molecule has 0 aliphatic rings. The highest BCUT2D eigenvalue weighted by Gasteiger charge is 2.36.